The predicted molar refractivity (Wildman–Crippen MR) is 131 cm³/mol. The molecule has 9 nitrogen and oxygen atoms in total. The topological polar surface area (TPSA) is 114 Å². The van der Waals surface area contributed by atoms with E-state index in [-0.39, 0.29) is 41.9 Å². The number of halogens is 2. The summed E-state index contributed by atoms with van der Waals surface area (Å²) in [5.41, 5.74) is 1.63. The van der Waals surface area contributed by atoms with Crippen molar-refractivity contribution in [1.82, 2.24) is 14.7 Å². The zero-order valence-electron chi connectivity index (χ0n) is 19.7. The van der Waals surface area contributed by atoms with Crippen molar-refractivity contribution < 1.29 is 31.2 Å². The van der Waals surface area contributed by atoms with Gasteiger partial charge < -0.3 is 18.6 Å². The fourth-order valence-corrected chi connectivity index (χ4v) is 4.11. The molecule has 0 saturated carbocycles. The normalized spacial score (nSPS) is 11.6. The molecule has 0 bridgehead atoms. The van der Waals surface area contributed by atoms with Gasteiger partial charge in [0.25, 0.3) is 11.4 Å². The Morgan fingerprint density at radius 1 is 1.03 bits per heavy atom. The second kappa shape index (κ2) is 11.3. The third-order valence-electron chi connectivity index (χ3n) is 5.17. The van der Waals surface area contributed by atoms with Crippen molar-refractivity contribution in [2.24, 2.45) is 0 Å². The van der Waals surface area contributed by atoms with Gasteiger partial charge in [0.05, 0.1) is 18.9 Å². The van der Waals surface area contributed by atoms with Crippen LogP contribution in [0.5, 0.6) is 11.5 Å². The Bertz CT molecular complexity index is 1520. The van der Waals surface area contributed by atoms with Gasteiger partial charge in [-0.1, -0.05) is 17.3 Å². The van der Waals surface area contributed by atoms with Crippen LogP contribution in [-0.2, 0) is 16.4 Å². The molecule has 2 aromatic heterocycles. The van der Waals surface area contributed by atoms with E-state index in [1.807, 2.05) is 6.07 Å². The lowest BCUT2D eigenvalue weighted by molar-refractivity contribution is -0.0498. The van der Waals surface area contributed by atoms with Gasteiger partial charge in [0.2, 0.25) is 5.82 Å². The summed E-state index contributed by atoms with van der Waals surface area (Å²) >= 11 is 0. The number of hydrogen-bond donors (Lipinski definition) is 0. The lowest BCUT2D eigenvalue weighted by Gasteiger charge is -2.10. The van der Waals surface area contributed by atoms with E-state index >= 15 is 0 Å². The summed E-state index contributed by atoms with van der Waals surface area (Å²) in [5.74, 6) is 1.05. The molecule has 0 spiro atoms. The van der Waals surface area contributed by atoms with Crippen molar-refractivity contribution in [3.05, 3.63) is 82.8 Å². The van der Waals surface area contributed by atoms with E-state index in [2.05, 4.69) is 14.9 Å². The highest BCUT2D eigenvalue weighted by molar-refractivity contribution is 7.90. The molecule has 0 N–H and O–H groups in total. The average molecular weight is 532 g/mol. The lowest BCUT2D eigenvalue weighted by atomic mass is 10.2. The summed E-state index contributed by atoms with van der Waals surface area (Å²) < 4.78 is 64.0. The van der Waals surface area contributed by atoms with Crippen molar-refractivity contribution in [1.29, 1.82) is 0 Å². The molecule has 0 aliphatic heterocycles. The monoisotopic (exact) mass is 531 g/mol. The minimum Gasteiger partial charge on any atom is -0.494 e. The van der Waals surface area contributed by atoms with Gasteiger partial charge in [-0.15, -0.1) is 0 Å². The van der Waals surface area contributed by atoms with Gasteiger partial charge in [-0.05, 0) is 54.4 Å². The van der Waals surface area contributed by atoms with E-state index in [1.54, 1.807) is 30.5 Å². The number of aromatic nitrogens is 3. The Morgan fingerprint density at radius 3 is 2.51 bits per heavy atom. The molecule has 0 saturated heterocycles. The van der Waals surface area contributed by atoms with Crippen LogP contribution in [0, 0.1) is 0 Å². The Labute approximate surface area is 211 Å². The van der Waals surface area contributed by atoms with Gasteiger partial charge in [0.1, 0.15) is 21.3 Å². The molecule has 0 unspecified atom stereocenters. The summed E-state index contributed by atoms with van der Waals surface area (Å²) in [6, 6.07) is 15.9. The van der Waals surface area contributed by atoms with Gasteiger partial charge in [-0.3, -0.25) is 4.79 Å². The smallest absolute Gasteiger partial charge is 0.387 e. The van der Waals surface area contributed by atoms with Crippen molar-refractivity contribution in [2.75, 3.05) is 18.6 Å². The van der Waals surface area contributed by atoms with Crippen LogP contribution < -0.4 is 15.0 Å². The van der Waals surface area contributed by atoms with Crippen LogP contribution in [0.2, 0.25) is 0 Å². The van der Waals surface area contributed by atoms with Gasteiger partial charge in [-0.2, -0.15) is 13.8 Å². The van der Waals surface area contributed by atoms with Gasteiger partial charge in [-0.25, -0.2) is 8.42 Å². The first kappa shape index (κ1) is 26.0. The highest BCUT2D eigenvalue weighted by Gasteiger charge is 2.13. The maximum Gasteiger partial charge on any atom is 0.387 e. The van der Waals surface area contributed by atoms with Crippen LogP contribution in [0.1, 0.15) is 12.0 Å². The Morgan fingerprint density at radius 2 is 1.78 bits per heavy atom. The summed E-state index contributed by atoms with van der Waals surface area (Å²) in [5, 5.41) is 3.97. The largest absolute Gasteiger partial charge is 0.494 e. The third-order valence-corrected chi connectivity index (χ3v) is 6.20. The quantitative estimate of drug-likeness (QED) is 0.267. The van der Waals surface area contributed by atoms with Crippen LogP contribution in [-0.4, -0.2) is 48.4 Å². The van der Waals surface area contributed by atoms with Crippen molar-refractivity contribution >= 4 is 9.84 Å². The van der Waals surface area contributed by atoms with Crippen LogP contribution in [0.15, 0.2) is 76.2 Å². The number of sulfone groups is 1. The fraction of sp³-hybridized carbons (Fsp3) is 0.240. The number of benzene rings is 2. The molecule has 4 rings (SSSR count). The molecule has 0 aliphatic rings. The zero-order valence-corrected chi connectivity index (χ0v) is 20.5. The highest BCUT2D eigenvalue weighted by Crippen LogP contribution is 2.24. The van der Waals surface area contributed by atoms with Gasteiger partial charge >= 0.3 is 6.61 Å². The third kappa shape index (κ3) is 7.46. The number of pyridine rings is 1. The van der Waals surface area contributed by atoms with Gasteiger partial charge in [0, 0.05) is 29.6 Å². The molecule has 37 heavy (non-hydrogen) atoms. The summed E-state index contributed by atoms with van der Waals surface area (Å²) in [6.07, 6.45) is 3.17. The van der Waals surface area contributed by atoms with E-state index in [0.29, 0.717) is 23.3 Å². The van der Waals surface area contributed by atoms with E-state index in [9.17, 15) is 22.0 Å². The molecule has 0 radical (unpaired) electrons. The average Bonchev–Trinajstić information content (AvgIpc) is 3.33. The SMILES string of the molecule is CS(=O)(=O)CCCOc1cccc(Cn2cc(-c3noc(-c4ccc(OC(F)F)cc4)n3)ccc2=O)c1. The minimum atomic E-state index is -3.04. The predicted octanol–water partition coefficient (Wildman–Crippen LogP) is 4.03. The Hall–Kier alpha value is -4.06. The first-order chi connectivity index (χ1) is 17.7. The fourth-order valence-electron chi connectivity index (χ4n) is 3.47. The van der Waals surface area contributed by atoms with Crippen LogP contribution in [0.4, 0.5) is 8.78 Å². The highest BCUT2D eigenvalue weighted by atomic mass is 32.2. The number of hydrogen-bond acceptors (Lipinski definition) is 8. The molecule has 4 aromatic rings. The van der Waals surface area contributed by atoms with Crippen LogP contribution in [0.3, 0.4) is 0 Å². The number of rotatable bonds is 11. The van der Waals surface area contributed by atoms with Crippen molar-refractivity contribution in [3.8, 4) is 34.3 Å². The summed E-state index contributed by atoms with van der Waals surface area (Å²) in [7, 11) is -3.04. The standard InChI is InChI=1S/C25H23F2N3O6S/c1-37(32,33)13-3-12-34-21-5-2-4-17(14-21)15-30-16-19(8-11-22(30)31)23-28-24(36-29-23)18-6-9-20(10-7-18)35-25(26)27/h2,4-11,14,16,25H,3,12-13,15H2,1H3. The molecule has 0 aliphatic carbocycles. The van der Waals surface area contributed by atoms with E-state index < -0.39 is 16.4 Å². The zero-order chi connectivity index (χ0) is 26.4. The van der Waals surface area contributed by atoms with Crippen LogP contribution >= 0.6 is 0 Å². The second-order valence-corrected chi connectivity index (χ2v) is 10.4. The number of nitrogens with zero attached hydrogens (tertiary/aromatic N) is 3. The maximum atomic E-state index is 12.5. The number of alkyl halides is 2. The van der Waals surface area contributed by atoms with Gasteiger partial charge in [0.15, 0.2) is 0 Å². The van der Waals surface area contributed by atoms with E-state index in [4.69, 9.17) is 9.26 Å². The summed E-state index contributed by atoms with van der Waals surface area (Å²) in [6.45, 7) is -2.41. The minimum absolute atomic E-state index is 0.00828. The molecule has 2 aromatic carbocycles. The lowest BCUT2D eigenvalue weighted by Crippen LogP contribution is -2.19. The molecule has 2 heterocycles. The molecule has 12 heteroatoms. The molecular formula is C25H23F2N3O6S. The van der Waals surface area contributed by atoms with Crippen LogP contribution in [0.25, 0.3) is 22.8 Å². The molecule has 194 valence electrons. The van der Waals surface area contributed by atoms with E-state index in [1.165, 1.54) is 41.2 Å². The van der Waals surface area contributed by atoms with Crippen molar-refractivity contribution in [3.63, 3.8) is 0 Å². The van der Waals surface area contributed by atoms with Crippen molar-refractivity contribution in [2.45, 2.75) is 19.6 Å². The Balaban J connectivity index is 1.46. The first-order valence-electron chi connectivity index (χ1n) is 11.2. The first-order valence-corrected chi connectivity index (χ1v) is 13.2. The molecule has 0 atom stereocenters. The molecular weight excluding hydrogens is 508 g/mol. The number of ether oxygens (including phenoxy) is 2. The Kier molecular flexibility index (Phi) is 7.97. The van der Waals surface area contributed by atoms with E-state index in [0.717, 1.165) is 5.56 Å². The maximum absolute atomic E-state index is 12.5. The molecule has 0 fully saturated rings. The second-order valence-electron chi connectivity index (χ2n) is 8.19. The summed E-state index contributed by atoms with van der Waals surface area (Å²) in [4.78, 5) is 16.8. The molecule has 0 amide bonds.